The zero-order valence-corrected chi connectivity index (χ0v) is 24.1. The molecule has 1 fully saturated rings. The molecule has 7 nitrogen and oxygen atoms in total. The van der Waals surface area contributed by atoms with Crippen LogP contribution in [0.3, 0.4) is 0 Å². The molecule has 2 unspecified atom stereocenters. The molecule has 0 radical (unpaired) electrons. The predicted octanol–water partition coefficient (Wildman–Crippen LogP) is 6.79. The van der Waals surface area contributed by atoms with E-state index in [0.717, 1.165) is 67.6 Å². The number of carbonyl (C=O) groups is 2. The van der Waals surface area contributed by atoms with E-state index in [9.17, 15) is 9.90 Å². The summed E-state index contributed by atoms with van der Waals surface area (Å²) in [5.74, 6) is 0.403. The summed E-state index contributed by atoms with van der Waals surface area (Å²) < 4.78 is 5.29. The van der Waals surface area contributed by atoms with Crippen LogP contribution in [0.4, 0.5) is 10.5 Å². The normalized spacial score (nSPS) is 19.4. The Kier molecular flexibility index (Phi) is 7.89. The van der Waals surface area contributed by atoms with E-state index in [1.807, 2.05) is 74.8 Å². The number of piperidine rings is 1. The van der Waals surface area contributed by atoms with E-state index in [2.05, 4.69) is 16.9 Å². The quantitative estimate of drug-likeness (QED) is 0.202. The third-order valence-electron chi connectivity index (χ3n) is 9.02. The number of aromatic nitrogens is 1. The van der Waals surface area contributed by atoms with Crippen LogP contribution in [0.1, 0.15) is 62.3 Å². The van der Waals surface area contributed by atoms with Crippen molar-refractivity contribution in [2.45, 2.75) is 63.5 Å². The molecule has 1 aliphatic carbocycles. The number of anilines is 1. The van der Waals surface area contributed by atoms with Crippen LogP contribution in [-0.2, 0) is 16.6 Å². The first-order valence-electron chi connectivity index (χ1n) is 14.0. The molecule has 0 saturated carbocycles. The van der Waals surface area contributed by atoms with Crippen LogP contribution in [0.25, 0.3) is 0 Å². The van der Waals surface area contributed by atoms with Crippen molar-refractivity contribution in [3.05, 3.63) is 88.7 Å². The molecule has 210 valence electrons. The monoisotopic (exact) mass is 562 g/mol. The Labute approximate surface area is 240 Å². The molecule has 1 amide bonds. The maximum absolute atomic E-state index is 15.0. The number of amides is 1. The number of hydrogen-bond acceptors (Lipinski definition) is 5. The van der Waals surface area contributed by atoms with Crippen LogP contribution in [0.2, 0.25) is 5.02 Å². The highest BCUT2D eigenvalue weighted by molar-refractivity contribution is 6.31. The van der Waals surface area contributed by atoms with Crippen molar-refractivity contribution in [2.24, 2.45) is 0 Å². The minimum Gasteiger partial charge on any atom is -0.449 e. The number of hydrogen-bond donors (Lipinski definition) is 1. The van der Waals surface area contributed by atoms with Gasteiger partial charge in [-0.25, -0.2) is 9.59 Å². The number of ether oxygens (including phenoxy) is 1. The molecule has 1 aliphatic heterocycles. The lowest BCUT2D eigenvalue weighted by Gasteiger charge is -2.51. The SMILES string of the molecule is CC(C)(C(=O)[N+](C)(C1CCN(c2ccncc2)CC1)C1CCCc2ccc(OC(=O)O)cc21)c1ccccc1Cl. The average molecular weight is 563 g/mol. The van der Waals surface area contributed by atoms with Gasteiger partial charge in [0.05, 0.1) is 13.1 Å². The number of nitrogens with zero attached hydrogens (tertiary/aromatic N) is 3. The van der Waals surface area contributed by atoms with Crippen LogP contribution in [-0.4, -0.2) is 52.8 Å². The molecule has 5 rings (SSSR count). The number of likely N-dealkylation sites (N-methyl/N-ethyl adjacent to an activating group) is 1. The topological polar surface area (TPSA) is 79.7 Å². The molecule has 2 atom stereocenters. The summed E-state index contributed by atoms with van der Waals surface area (Å²) in [4.78, 5) is 32.9. The van der Waals surface area contributed by atoms with Crippen molar-refractivity contribution >= 4 is 29.4 Å². The van der Waals surface area contributed by atoms with Crippen LogP contribution in [0.15, 0.2) is 67.0 Å². The standard InChI is InChI=1S/C32H36ClN3O4/c1-32(2,27-8-4-5-9-28(27)33)30(37)36(3,24-15-19-35(20-16-24)23-13-17-34-18-14-23)29-10-6-7-22-11-12-25(21-26(22)29)40-31(38)39/h4-5,8-9,11-14,17-18,21,24,29H,6-7,10,15-16,19-20H2,1-3H3/p+1. The number of aryl methyl sites for hydroxylation is 1. The van der Waals surface area contributed by atoms with Crippen molar-refractivity contribution in [2.75, 3.05) is 25.0 Å². The second-order valence-electron chi connectivity index (χ2n) is 11.6. The van der Waals surface area contributed by atoms with Gasteiger partial charge in [-0.15, -0.1) is 0 Å². The Bertz CT molecular complexity index is 1390. The summed E-state index contributed by atoms with van der Waals surface area (Å²) >= 11 is 6.67. The third-order valence-corrected chi connectivity index (χ3v) is 9.35. The lowest BCUT2D eigenvalue weighted by atomic mass is 9.77. The molecule has 1 saturated heterocycles. The highest BCUT2D eigenvalue weighted by Crippen LogP contribution is 2.47. The molecule has 2 heterocycles. The Morgan fingerprint density at radius 2 is 1.75 bits per heavy atom. The first-order valence-corrected chi connectivity index (χ1v) is 14.3. The van der Waals surface area contributed by atoms with E-state index in [4.69, 9.17) is 16.3 Å². The molecule has 0 spiro atoms. The Hall–Kier alpha value is -3.42. The van der Waals surface area contributed by atoms with Gasteiger partial charge in [-0.3, -0.25) is 9.47 Å². The Morgan fingerprint density at radius 1 is 1.05 bits per heavy atom. The van der Waals surface area contributed by atoms with E-state index in [-0.39, 0.29) is 28.2 Å². The van der Waals surface area contributed by atoms with Gasteiger partial charge >= 0.3 is 12.1 Å². The van der Waals surface area contributed by atoms with Gasteiger partial charge in [0.1, 0.15) is 17.2 Å². The summed E-state index contributed by atoms with van der Waals surface area (Å²) in [5, 5.41) is 9.85. The van der Waals surface area contributed by atoms with Gasteiger partial charge in [0.2, 0.25) is 0 Å². The molecule has 1 aromatic heterocycles. The molecule has 2 aromatic carbocycles. The first-order chi connectivity index (χ1) is 19.1. The molecule has 3 aromatic rings. The Balaban J connectivity index is 1.57. The fraction of sp³-hybridized carbons (Fsp3) is 0.406. The average Bonchev–Trinajstić information content (AvgIpc) is 2.96. The van der Waals surface area contributed by atoms with Crippen molar-refractivity contribution in [3.8, 4) is 5.75 Å². The van der Waals surface area contributed by atoms with E-state index in [1.165, 1.54) is 0 Å². The van der Waals surface area contributed by atoms with Gasteiger partial charge in [-0.2, -0.15) is 0 Å². The lowest BCUT2D eigenvalue weighted by molar-refractivity contribution is -0.895. The maximum Gasteiger partial charge on any atom is 0.511 e. The lowest BCUT2D eigenvalue weighted by Crippen LogP contribution is -2.65. The largest absolute Gasteiger partial charge is 0.511 e. The van der Waals surface area contributed by atoms with E-state index in [1.54, 1.807) is 6.07 Å². The minimum atomic E-state index is -1.34. The van der Waals surface area contributed by atoms with Crippen LogP contribution in [0.5, 0.6) is 5.75 Å². The second kappa shape index (κ2) is 11.2. The van der Waals surface area contributed by atoms with E-state index >= 15 is 4.79 Å². The molecule has 40 heavy (non-hydrogen) atoms. The number of pyridine rings is 1. The van der Waals surface area contributed by atoms with Gasteiger partial charge in [0.15, 0.2) is 0 Å². The highest BCUT2D eigenvalue weighted by Gasteiger charge is 2.54. The number of quaternary nitrogens is 1. The molecular weight excluding hydrogens is 526 g/mol. The molecule has 8 heteroatoms. The van der Waals surface area contributed by atoms with Crippen molar-refractivity contribution < 1.29 is 23.9 Å². The summed E-state index contributed by atoms with van der Waals surface area (Å²) in [5.41, 5.74) is 3.27. The molecule has 0 bridgehead atoms. The summed E-state index contributed by atoms with van der Waals surface area (Å²) in [6, 6.07) is 17.1. The fourth-order valence-electron chi connectivity index (χ4n) is 6.94. The predicted molar refractivity (Wildman–Crippen MR) is 156 cm³/mol. The number of carboxylic acid groups (broad SMARTS) is 1. The zero-order valence-electron chi connectivity index (χ0n) is 23.3. The Morgan fingerprint density at radius 3 is 2.42 bits per heavy atom. The highest BCUT2D eigenvalue weighted by atomic mass is 35.5. The number of halogens is 1. The van der Waals surface area contributed by atoms with Gasteiger partial charge in [-0.1, -0.05) is 35.9 Å². The van der Waals surface area contributed by atoms with Gasteiger partial charge in [0, 0.05) is 61.0 Å². The van der Waals surface area contributed by atoms with Crippen LogP contribution >= 0.6 is 11.6 Å². The third kappa shape index (κ3) is 5.20. The minimum absolute atomic E-state index is 0.0762. The maximum atomic E-state index is 15.0. The number of fused-ring (bicyclic) bond motifs is 1. The molecule has 1 N–H and O–H groups in total. The second-order valence-corrected chi connectivity index (χ2v) is 12.0. The number of carbonyl (C=O) groups excluding carboxylic acids is 1. The van der Waals surface area contributed by atoms with Gasteiger partial charge < -0.3 is 14.7 Å². The van der Waals surface area contributed by atoms with Crippen LogP contribution in [0, 0.1) is 0 Å². The smallest absolute Gasteiger partial charge is 0.449 e. The van der Waals surface area contributed by atoms with E-state index in [0.29, 0.717) is 5.02 Å². The van der Waals surface area contributed by atoms with E-state index < -0.39 is 11.6 Å². The molecular formula is C32H37ClN3O4+. The molecule has 2 aliphatic rings. The number of benzene rings is 2. The van der Waals surface area contributed by atoms with Gasteiger partial charge in [-0.05, 0) is 68.1 Å². The van der Waals surface area contributed by atoms with Crippen LogP contribution < -0.4 is 9.64 Å². The first kappa shape index (κ1) is 28.1. The number of rotatable bonds is 6. The van der Waals surface area contributed by atoms with Crippen molar-refractivity contribution in [1.82, 2.24) is 4.98 Å². The fourth-order valence-corrected chi connectivity index (χ4v) is 7.31. The summed E-state index contributed by atoms with van der Waals surface area (Å²) in [7, 11) is 2.10. The summed E-state index contributed by atoms with van der Waals surface area (Å²) in [6.45, 7) is 5.63. The van der Waals surface area contributed by atoms with Crippen molar-refractivity contribution in [1.29, 1.82) is 0 Å². The van der Waals surface area contributed by atoms with Gasteiger partial charge in [0.25, 0.3) is 0 Å². The zero-order chi connectivity index (χ0) is 28.5. The van der Waals surface area contributed by atoms with Crippen molar-refractivity contribution in [3.63, 3.8) is 0 Å². The summed E-state index contributed by atoms with van der Waals surface area (Å²) in [6.07, 6.45) is 6.65.